The van der Waals surface area contributed by atoms with Gasteiger partial charge in [0.05, 0.1) is 18.0 Å². The van der Waals surface area contributed by atoms with Crippen molar-refractivity contribution in [3.63, 3.8) is 0 Å². The summed E-state index contributed by atoms with van der Waals surface area (Å²) in [6.07, 6.45) is 7.92. The van der Waals surface area contributed by atoms with E-state index in [0.717, 1.165) is 63.5 Å². The highest BCUT2D eigenvalue weighted by atomic mass is 16.6. The van der Waals surface area contributed by atoms with Gasteiger partial charge in [0.25, 0.3) is 0 Å². The Bertz CT molecular complexity index is 1400. The molecule has 1 saturated carbocycles. The zero-order valence-corrected chi connectivity index (χ0v) is 27.1. The van der Waals surface area contributed by atoms with Crippen LogP contribution in [-0.4, -0.2) is 86.8 Å². The molecule has 0 bridgehead atoms. The second kappa shape index (κ2) is 11.6. The number of fused-ring (bicyclic) bond motifs is 2. The van der Waals surface area contributed by atoms with Crippen LogP contribution in [0.1, 0.15) is 104 Å². The fourth-order valence-corrected chi connectivity index (χ4v) is 7.46. The molecule has 240 valence electrons. The molecule has 3 atom stereocenters. The number of amides is 1. The summed E-state index contributed by atoms with van der Waals surface area (Å²) < 4.78 is 24.4. The van der Waals surface area contributed by atoms with Crippen molar-refractivity contribution in [1.82, 2.24) is 24.9 Å². The molecule has 4 aliphatic rings. The molecular weight excluding hydrogens is 562 g/mol. The molecule has 0 radical (unpaired) electrons. The van der Waals surface area contributed by atoms with Crippen molar-refractivity contribution < 1.29 is 28.3 Å². The van der Waals surface area contributed by atoms with Crippen molar-refractivity contribution in [1.29, 1.82) is 0 Å². The zero-order chi connectivity index (χ0) is 31.3. The van der Waals surface area contributed by atoms with Gasteiger partial charge in [-0.1, -0.05) is 11.6 Å². The molecule has 11 heteroatoms. The number of hydrogen-bond acceptors (Lipinski definition) is 10. The number of carbonyl (C=O) groups excluding carboxylic acids is 2. The van der Waals surface area contributed by atoms with Gasteiger partial charge in [0, 0.05) is 30.0 Å². The van der Waals surface area contributed by atoms with E-state index in [0.29, 0.717) is 61.1 Å². The smallest absolute Gasteiger partial charge is 0.410 e. The first-order valence-corrected chi connectivity index (χ1v) is 16.3. The third kappa shape index (κ3) is 6.04. The van der Waals surface area contributed by atoms with Crippen LogP contribution in [0.2, 0.25) is 0 Å². The van der Waals surface area contributed by atoms with Crippen molar-refractivity contribution >= 4 is 11.9 Å². The molecule has 3 fully saturated rings. The van der Waals surface area contributed by atoms with Gasteiger partial charge in [-0.15, -0.1) is 0 Å². The number of aromatic nitrogens is 3. The lowest BCUT2D eigenvalue weighted by molar-refractivity contribution is -0.128. The van der Waals surface area contributed by atoms with Crippen LogP contribution >= 0.6 is 0 Å². The Morgan fingerprint density at radius 1 is 1.09 bits per heavy atom. The number of rotatable bonds is 6. The Hall–Kier alpha value is -3.21. The summed E-state index contributed by atoms with van der Waals surface area (Å²) in [4.78, 5) is 39.9. The van der Waals surface area contributed by atoms with Crippen molar-refractivity contribution in [2.45, 2.75) is 128 Å². The van der Waals surface area contributed by atoms with Gasteiger partial charge in [-0.2, -0.15) is 9.97 Å². The van der Waals surface area contributed by atoms with Crippen molar-refractivity contribution in [2.75, 3.05) is 26.7 Å². The number of Topliss-reactive ketones (excluding diaryl/α,β-unsaturated/α-hetero) is 1. The van der Waals surface area contributed by atoms with E-state index in [9.17, 15) is 9.59 Å². The predicted molar refractivity (Wildman–Crippen MR) is 163 cm³/mol. The van der Waals surface area contributed by atoms with Crippen LogP contribution < -0.4 is 9.47 Å². The first kappa shape index (κ1) is 30.8. The fraction of sp³-hybridized carbons (Fsp3) is 0.727. The van der Waals surface area contributed by atoms with Crippen LogP contribution in [0.15, 0.2) is 10.6 Å². The first-order valence-electron chi connectivity index (χ1n) is 16.3. The number of likely N-dealkylation sites (N-methyl/N-ethyl adjacent to an activating group) is 1. The lowest BCUT2D eigenvalue weighted by Gasteiger charge is -2.36. The van der Waals surface area contributed by atoms with E-state index in [2.05, 4.69) is 17.1 Å². The molecule has 1 amide bonds. The monoisotopic (exact) mass is 609 g/mol. The van der Waals surface area contributed by atoms with Gasteiger partial charge in [0.2, 0.25) is 11.8 Å². The van der Waals surface area contributed by atoms with E-state index in [-0.39, 0.29) is 18.0 Å². The number of likely N-dealkylation sites (tertiary alicyclic amines) is 2. The highest BCUT2D eigenvalue weighted by Crippen LogP contribution is 2.47. The molecular formula is C33H47N5O6. The SMILES string of the molecule is CN1CCC[C@H]1COc1cc(OC2CN(C(=O)OC(C)(C)C)C(C)(C)C2)nc(-c2noc3c2CCC[C@@]32CCCCC2=O)n1. The molecule has 2 aliphatic heterocycles. The van der Waals surface area contributed by atoms with Gasteiger partial charge in [-0.3, -0.25) is 9.69 Å². The van der Waals surface area contributed by atoms with Gasteiger partial charge < -0.3 is 23.6 Å². The molecule has 2 aromatic heterocycles. The minimum atomic E-state index is -0.592. The van der Waals surface area contributed by atoms with Gasteiger partial charge in [-0.25, -0.2) is 4.79 Å². The third-order valence-corrected chi connectivity index (χ3v) is 9.78. The zero-order valence-electron chi connectivity index (χ0n) is 27.1. The molecule has 44 heavy (non-hydrogen) atoms. The maximum Gasteiger partial charge on any atom is 0.410 e. The second-order valence-corrected chi connectivity index (χ2v) is 14.7. The number of hydrogen-bond donors (Lipinski definition) is 0. The Morgan fingerprint density at radius 2 is 1.86 bits per heavy atom. The predicted octanol–water partition coefficient (Wildman–Crippen LogP) is 5.49. The van der Waals surface area contributed by atoms with Crippen molar-refractivity contribution in [2.24, 2.45) is 0 Å². The summed E-state index contributed by atoms with van der Waals surface area (Å²) >= 11 is 0. The van der Waals surface area contributed by atoms with Gasteiger partial charge in [-0.05, 0) is 93.2 Å². The van der Waals surface area contributed by atoms with Crippen LogP contribution in [0, 0.1) is 0 Å². The number of ether oxygens (including phenoxy) is 3. The van der Waals surface area contributed by atoms with Gasteiger partial charge in [0.15, 0.2) is 17.3 Å². The van der Waals surface area contributed by atoms with Crippen LogP contribution in [0.3, 0.4) is 0 Å². The largest absolute Gasteiger partial charge is 0.476 e. The molecule has 2 aromatic rings. The van der Waals surface area contributed by atoms with Gasteiger partial charge in [0.1, 0.15) is 24.1 Å². The highest BCUT2D eigenvalue weighted by Gasteiger charge is 2.49. The molecule has 6 rings (SSSR count). The lowest BCUT2D eigenvalue weighted by atomic mass is 9.64. The van der Waals surface area contributed by atoms with E-state index in [1.807, 2.05) is 34.6 Å². The normalized spacial score (nSPS) is 27.0. The molecule has 1 spiro atoms. The summed E-state index contributed by atoms with van der Waals surface area (Å²) in [7, 11) is 2.11. The van der Waals surface area contributed by atoms with Crippen LogP contribution in [0.5, 0.6) is 11.8 Å². The van der Waals surface area contributed by atoms with Crippen LogP contribution in [0.25, 0.3) is 11.5 Å². The van der Waals surface area contributed by atoms with E-state index in [1.54, 1.807) is 11.0 Å². The quantitative estimate of drug-likeness (QED) is 0.416. The summed E-state index contributed by atoms with van der Waals surface area (Å²) in [5.41, 5.74) is -0.166. The van der Waals surface area contributed by atoms with E-state index in [4.69, 9.17) is 28.7 Å². The molecule has 2 saturated heterocycles. The summed E-state index contributed by atoms with van der Waals surface area (Å²) in [5, 5.41) is 4.47. The maximum atomic E-state index is 13.2. The highest BCUT2D eigenvalue weighted by molar-refractivity contribution is 5.91. The van der Waals surface area contributed by atoms with Gasteiger partial charge >= 0.3 is 6.09 Å². The van der Waals surface area contributed by atoms with Crippen molar-refractivity contribution in [3.8, 4) is 23.3 Å². The standard InChI is InChI=1S/C33H47N5O6/c1-31(2,3)43-30(40)38-19-22(18-32(38,4)5)42-26-17-25(41-20-21-11-10-16-37(21)6)34-29(35-26)27-23-12-9-15-33(28(23)44-36-27)14-8-7-13-24(33)39/h17,21-22H,7-16,18-20H2,1-6H3/t21-,22?,33+/m0/s1. The van der Waals surface area contributed by atoms with E-state index < -0.39 is 16.6 Å². The topological polar surface area (TPSA) is 120 Å². The second-order valence-electron chi connectivity index (χ2n) is 14.7. The molecule has 4 heterocycles. The number of carbonyl (C=O) groups is 2. The van der Waals surface area contributed by atoms with E-state index in [1.165, 1.54) is 0 Å². The number of ketones is 1. The Kier molecular flexibility index (Phi) is 8.13. The Morgan fingerprint density at radius 3 is 2.59 bits per heavy atom. The molecule has 0 aromatic carbocycles. The molecule has 2 aliphatic carbocycles. The van der Waals surface area contributed by atoms with Crippen LogP contribution in [-0.2, 0) is 21.4 Å². The average Bonchev–Trinajstić information content (AvgIpc) is 3.65. The summed E-state index contributed by atoms with van der Waals surface area (Å²) in [6, 6.07) is 2.04. The molecule has 11 nitrogen and oxygen atoms in total. The minimum Gasteiger partial charge on any atom is -0.476 e. The third-order valence-electron chi connectivity index (χ3n) is 9.78. The maximum absolute atomic E-state index is 13.2. The lowest BCUT2D eigenvalue weighted by Crippen LogP contribution is -2.45. The average molecular weight is 610 g/mol. The van der Waals surface area contributed by atoms with Crippen LogP contribution in [0.4, 0.5) is 4.79 Å². The molecule has 1 unspecified atom stereocenters. The fourth-order valence-electron chi connectivity index (χ4n) is 7.46. The Labute approximate surface area is 260 Å². The number of nitrogens with zero attached hydrogens (tertiary/aromatic N) is 5. The van der Waals surface area contributed by atoms with E-state index >= 15 is 0 Å². The van der Waals surface area contributed by atoms with Crippen molar-refractivity contribution in [3.05, 3.63) is 17.4 Å². The molecule has 0 N–H and O–H groups in total. The first-order chi connectivity index (χ1) is 20.8. The summed E-state index contributed by atoms with van der Waals surface area (Å²) in [6.45, 7) is 11.6. The summed E-state index contributed by atoms with van der Waals surface area (Å²) in [5.74, 6) is 2.08. The Balaban J connectivity index is 1.30. The minimum absolute atomic E-state index is 0.258.